The maximum Gasteiger partial charge on any atom is 0.306 e. The van der Waals surface area contributed by atoms with Crippen LogP contribution in [0.3, 0.4) is 0 Å². The van der Waals surface area contributed by atoms with E-state index in [0.29, 0.717) is 17.7 Å². The zero-order valence-corrected chi connectivity index (χ0v) is 22.5. The molecule has 3 N–H and O–H groups in total. The molecule has 2 aromatic rings. The van der Waals surface area contributed by atoms with Gasteiger partial charge in [0.05, 0.1) is 33.6 Å². The Balaban J connectivity index is 1.98. The highest BCUT2D eigenvalue weighted by Gasteiger charge is 2.39. The highest BCUT2D eigenvalue weighted by molar-refractivity contribution is 6.88. The second-order valence-electron chi connectivity index (χ2n) is 10.6. The van der Waals surface area contributed by atoms with Gasteiger partial charge in [-0.3, -0.25) is 14.4 Å². The van der Waals surface area contributed by atoms with Crippen LogP contribution in [0.4, 0.5) is 14.5 Å². The molecule has 1 aliphatic rings. The smallest absolute Gasteiger partial charge is 0.306 e. The van der Waals surface area contributed by atoms with E-state index in [1.54, 1.807) is 18.2 Å². The first-order chi connectivity index (χ1) is 17.1. The number of fused-ring (bicyclic) bond motifs is 1. The standard InChI is InChI=1S/C26H32F2N2O6Si/c1-26(35,14-22(32)33)13-21(31)30-9-8-15-10-17(36-2)6-7-18(15)23(30)25(34)29-16-11-19(27)24(20(28)12-16)37(3,4)5/h6-7,10-12,23,35H,8-9,13-14H2,1-5H3,(H,29,34)(H,32,33). The SMILES string of the molecule is COc1ccc2c(c1)CCN(C(=O)CC(C)(O)CC(=O)O)C2C(=O)Nc1cc(F)c([Si](C)(C)C)c(F)c1. The highest BCUT2D eigenvalue weighted by Crippen LogP contribution is 2.34. The lowest BCUT2D eigenvalue weighted by Gasteiger charge is -2.38. The van der Waals surface area contributed by atoms with Crippen LogP contribution in [0.1, 0.15) is 36.9 Å². The van der Waals surface area contributed by atoms with Crippen molar-refractivity contribution in [3.05, 3.63) is 53.1 Å². The normalized spacial score (nSPS) is 17.0. The molecule has 2 amide bonds. The minimum absolute atomic E-state index is 0.0260. The molecule has 200 valence electrons. The van der Waals surface area contributed by atoms with Crippen molar-refractivity contribution in [2.75, 3.05) is 19.0 Å². The van der Waals surface area contributed by atoms with E-state index in [-0.39, 0.29) is 17.4 Å². The predicted octanol–water partition coefficient (Wildman–Crippen LogP) is 3.20. The number of hydrogen-bond acceptors (Lipinski definition) is 5. The van der Waals surface area contributed by atoms with Crippen LogP contribution in [-0.2, 0) is 20.8 Å². The average molecular weight is 535 g/mol. The summed E-state index contributed by atoms with van der Waals surface area (Å²) >= 11 is 0. The molecule has 2 unspecified atom stereocenters. The van der Waals surface area contributed by atoms with Crippen molar-refractivity contribution in [3.63, 3.8) is 0 Å². The fourth-order valence-corrected chi connectivity index (χ4v) is 6.25. The van der Waals surface area contributed by atoms with E-state index in [0.717, 1.165) is 17.7 Å². The molecular weight excluding hydrogens is 502 g/mol. The van der Waals surface area contributed by atoms with Crippen molar-refractivity contribution >= 4 is 36.7 Å². The molecule has 0 bridgehead atoms. The Hall–Kier alpha value is -3.31. The number of benzene rings is 2. The van der Waals surface area contributed by atoms with E-state index >= 15 is 0 Å². The van der Waals surface area contributed by atoms with Gasteiger partial charge in [-0.25, -0.2) is 8.78 Å². The van der Waals surface area contributed by atoms with Gasteiger partial charge in [0.1, 0.15) is 23.4 Å². The minimum atomic E-state index is -2.33. The van der Waals surface area contributed by atoms with Gasteiger partial charge in [-0.1, -0.05) is 25.7 Å². The summed E-state index contributed by atoms with van der Waals surface area (Å²) in [5, 5.41) is 22.0. The number of carbonyl (C=O) groups is 3. The summed E-state index contributed by atoms with van der Waals surface area (Å²) in [7, 11) is -0.825. The number of carbonyl (C=O) groups excluding carboxylic acids is 2. The Labute approximate surface area is 215 Å². The Morgan fingerprint density at radius 2 is 1.76 bits per heavy atom. The molecule has 0 saturated carbocycles. The lowest BCUT2D eigenvalue weighted by Crippen LogP contribution is -2.48. The van der Waals surface area contributed by atoms with Crippen LogP contribution in [-0.4, -0.2) is 60.2 Å². The molecule has 0 aliphatic carbocycles. The number of carboxylic acid groups (broad SMARTS) is 1. The number of amides is 2. The molecule has 1 aliphatic heterocycles. The van der Waals surface area contributed by atoms with Gasteiger partial charge in [-0.2, -0.15) is 0 Å². The zero-order valence-electron chi connectivity index (χ0n) is 21.5. The number of aliphatic carboxylic acids is 1. The van der Waals surface area contributed by atoms with E-state index in [1.807, 2.05) is 19.6 Å². The van der Waals surface area contributed by atoms with Gasteiger partial charge in [0, 0.05) is 17.4 Å². The van der Waals surface area contributed by atoms with Crippen molar-refractivity contribution in [2.45, 2.75) is 57.5 Å². The van der Waals surface area contributed by atoms with Crippen LogP contribution in [0.25, 0.3) is 0 Å². The second kappa shape index (κ2) is 10.6. The lowest BCUT2D eigenvalue weighted by molar-refractivity contribution is -0.148. The molecule has 37 heavy (non-hydrogen) atoms. The summed E-state index contributed by atoms with van der Waals surface area (Å²) in [6, 6.07) is 5.98. The molecular formula is C26H32F2N2O6Si. The van der Waals surface area contributed by atoms with Gasteiger partial charge in [-0.15, -0.1) is 0 Å². The number of halogens is 2. The number of hydrogen-bond donors (Lipinski definition) is 3. The summed E-state index contributed by atoms with van der Waals surface area (Å²) in [6.45, 7) is 6.77. The molecule has 11 heteroatoms. The number of ether oxygens (including phenoxy) is 1. The molecule has 2 aromatic carbocycles. The van der Waals surface area contributed by atoms with Gasteiger partial charge in [0.15, 0.2) is 0 Å². The van der Waals surface area contributed by atoms with Crippen LogP contribution in [0.5, 0.6) is 5.75 Å². The minimum Gasteiger partial charge on any atom is -0.497 e. The maximum atomic E-state index is 14.8. The fourth-order valence-electron chi connectivity index (χ4n) is 4.67. The summed E-state index contributed by atoms with van der Waals surface area (Å²) in [5.41, 5.74) is -0.668. The number of carboxylic acids is 1. The van der Waals surface area contributed by atoms with Crippen LogP contribution >= 0.6 is 0 Å². The van der Waals surface area contributed by atoms with Crippen molar-refractivity contribution < 1.29 is 38.1 Å². The first-order valence-corrected chi connectivity index (χ1v) is 15.3. The monoisotopic (exact) mass is 534 g/mol. The van der Waals surface area contributed by atoms with E-state index in [9.17, 15) is 28.3 Å². The number of nitrogens with one attached hydrogen (secondary N) is 1. The Morgan fingerprint density at radius 1 is 1.14 bits per heavy atom. The second-order valence-corrected chi connectivity index (χ2v) is 15.6. The van der Waals surface area contributed by atoms with Crippen LogP contribution in [0.15, 0.2) is 30.3 Å². The third-order valence-electron chi connectivity index (χ3n) is 6.27. The van der Waals surface area contributed by atoms with Gasteiger partial charge >= 0.3 is 5.97 Å². The zero-order chi connectivity index (χ0) is 27.7. The molecule has 8 nitrogen and oxygen atoms in total. The molecule has 3 rings (SSSR count). The number of methoxy groups -OCH3 is 1. The molecule has 0 radical (unpaired) electrons. The number of anilines is 1. The predicted molar refractivity (Wildman–Crippen MR) is 137 cm³/mol. The highest BCUT2D eigenvalue weighted by atomic mass is 28.3. The lowest BCUT2D eigenvalue weighted by atomic mass is 9.90. The van der Waals surface area contributed by atoms with E-state index in [2.05, 4.69) is 5.32 Å². The molecule has 0 saturated heterocycles. The topological polar surface area (TPSA) is 116 Å². The summed E-state index contributed by atoms with van der Waals surface area (Å²) in [6.07, 6.45) is -0.792. The fraction of sp³-hybridized carbons (Fsp3) is 0.423. The van der Waals surface area contributed by atoms with E-state index < -0.39 is 62.0 Å². The summed E-state index contributed by atoms with van der Waals surface area (Å²) in [5.74, 6) is -3.53. The van der Waals surface area contributed by atoms with E-state index in [4.69, 9.17) is 9.84 Å². The van der Waals surface area contributed by atoms with Gasteiger partial charge in [0.2, 0.25) is 5.91 Å². The van der Waals surface area contributed by atoms with Gasteiger partial charge in [-0.05, 0) is 48.7 Å². The Kier molecular flexibility index (Phi) is 8.08. The average Bonchev–Trinajstić information content (AvgIpc) is 2.74. The quantitative estimate of drug-likeness (QED) is 0.448. The van der Waals surface area contributed by atoms with Crippen molar-refractivity contribution in [3.8, 4) is 5.75 Å². The largest absolute Gasteiger partial charge is 0.497 e. The third-order valence-corrected chi connectivity index (χ3v) is 8.25. The first kappa shape index (κ1) is 28.3. The maximum absolute atomic E-state index is 14.8. The van der Waals surface area contributed by atoms with Crippen LogP contribution in [0.2, 0.25) is 19.6 Å². The van der Waals surface area contributed by atoms with Gasteiger partial charge in [0.25, 0.3) is 5.91 Å². The van der Waals surface area contributed by atoms with Crippen molar-refractivity contribution in [1.29, 1.82) is 0 Å². The molecule has 1 heterocycles. The molecule has 2 atom stereocenters. The number of nitrogens with zero attached hydrogens (tertiary/aromatic N) is 1. The van der Waals surface area contributed by atoms with E-state index in [1.165, 1.54) is 18.9 Å². The molecule has 0 spiro atoms. The summed E-state index contributed by atoms with van der Waals surface area (Å²) < 4.78 is 34.9. The summed E-state index contributed by atoms with van der Waals surface area (Å²) in [4.78, 5) is 39.1. The number of aliphatic hydroxyl groups is 1. The van der Waals surface area contributed by atoms with Crippen molar-refractivity contribution in [2.24, 2.45) is 0 Å². The Bertz CT molecular complexity index is 1210. The first-order valence-electron chi connectivity index (χ1n) is 11.8. The van der Waals surface area contributed by atoms with Crippen molar-refractivity contribution in [1.82, 2.24) is 4.90 Å². The molecule has 0 fully saturated rings. The van der Waals surface area contributed by atoms with Crippen LogP contribution in [0, 0.1) is 11.6 Å². The van der Waals surface area contributed by atoms with Gasteiger partial charge < -0.3 is 25.2 Å². The molecule has 0 aromatic heterocycles. The Morgan fingerprint density at radius 3 is 2.30 bits per heavy atom. The third kappa shape index (κ3) is 6.52. The number of rotatable bonds is 8. The van der Waals surface area contributed by atoms with Crippen LogP contribution < -0.4 is 15.2 Å².